The third-order valence-corrected chi connectivity index (χ3v) is 8.35. The van der Waals surface area contributed by atoms with Crippen molar-refractivity contribution in [2.75, 3.05) is 11.8 Å². The van der Waals surface area contributed by atoms with Crippen molar-refractivity contribution >= 4 is 43.2 Å². The fourth-order valence-electron chi connectivity index (χ4n) is 4.03. The number of sulfonamides is 1. The number of hydrogen-bond donors (Lipinski definition) is 2. The van der Waals surface area contributed by atoms with E-state index in [4.69, 9.17) is 4.74 Å². The van der Waals surface area contributed by atoms with Crippen molar-refractivity contribution in [1.29, 1.82) is 0 Å². The van der Waals surface area contributed by atoms with E-state index in [2.05, 4.69) is 30.0 Å². The molecule has 2 N–H and O–H groups in total. The summed E-state index contributed by atoms with van der Waals surface area (Å²) in [5, 5.41) is 2.80. The van der Waals surface area contributed by atoms with E-state index in [1.807, 2.05) is 18.2 Å². The van der Waals surface area contributed by atoms with Crippen LogP contribution in [0.25, 0.3) is 31.9 Å². The highest BCUT2D eigenvalue weighted by Gasteiger charge is 2.21. The summed E-state index contributed by atoms with van der Waals surface area (Å²) < 4.78 is 35.3. The van der Waals surface area contributed by atoms with E-state index in [-0.39, 0.29) is 28.6 Å². The maximum atomic E-state index is 13.3. The van der Waals surface area contributed by atoms with Gasteiger partial charge in [-0.2, -0.15) is 0 Å². The average molecular weight is 531 g/mol. The molecule has 1 aliphatic rings. The number of pyridine rings is 2. The quantitative estimate of drug-likeness (QED) is 0.333. The van der Waals surface area contributed by atoms with E-state index in [9.17, 15) is 13.2 Å². The molecule has 184 valence electrons. The van der Waals surface area contributed by atoms with Gasteiger partial charge in [-0.1, -0.05) is 6.07 Å². The number of nitrogens with zero attached hydrogens (tertiary/aromatic N) is 4. The Labute approximate surface area is 215 Å². The molecular weight excluding hydrogens is 512 g/mol. The second-order valence-electron chi connectivity index (χ2n) is 8.18. The van der Waals surface area contributed by atoms with Gasteiger partial charge in [0.05, 0.1) is 40.2 Å². The lowest BCUT2D eigenvalue weighted by atomic mass is 10.1. The van der Waals surface area contributed by atoms with Crippen LogP contribution in [-0.2, 0) is 16.6 Å². The van der Waals surface area contributed by atoms with Crippen molar-refractivity contribution in [2.24, 2.45) is 0 Å². The van der Waals surface area contributed by atoms with Crippen molar-refractivity contribution < 1.29 is 17.9 Å². The standard InChI is InChI=1S/C25H18N6O4S2/c1-35-25-20-9-16(11-28-25)21-10-19-23(36-21)22(30-13-29-19)14-5-6-26-17(7-14)12-27-24(32)15-3-2-4-18(8-15)37(33,34)31-20/h2-11,13,31H,12H2,1H3,(H,27,32). The van der Waals surface area contributed by atoms with Crippen LogP contribution in [0.2, 0.25) is 0 Å². The predicted molar refractivity (Wildman–Crippen MR) is 139 cm³/mol. The van der Waals surface area contributed by atoms with Gasteiger partial charge in [0, 0.05) is 34.0 Å². The second kappa shape index (κ2) is 8.91. The summed E-state index contributed by atoms with van der Waals surface area (Å²) >= 11 is 1.46. The Morgan fingerprint density at radius 3 is 2.73 bits per heavy atom. The van der Waals surface area contributed by atoms with Crippen LogP contribution in [0.4, 0.5) is 5.69 Å². The number of fused-ring (bicyclic) bond motifs is 9. The van der Waals surface area contributed by atoms with Gasteiger partial charge in [0.1, 0.15) is 12.0 Å². The molecule has 6 rings (SSSR count). The molecule has 1 aromatic carbocycles. The number of anilines is 1. The topological polar surface area (TPSA) is 136 Å². The number of carbonyl (C=O) groups excluding carboxylic acids is 1. The van der Waals surface area contributed by atoms with Gasteiger partial charge in [-0.15, -0.1) is 11.3 Å². The second-order valence-corrected chi connectivity index (χ2v) is 10.9. The number of benzene rings is 1. The molecule has 0 radical (unpaired) electrons. The Bertz CT molecular complexity index is 1800. The predicted octanol–water partition coefficient (Wildman–Crippen LogP) is 3.87. The number of ether oxygens (including phenoxy) is 1. The Morgan fingerprint density at radius 1 is 0.973 bits per heavy atom. The minimum absolute atomic E-state index is 0.0735. The number of hydrogen-bond acceptors (Lipinski definition) is 9. The van der Waals surface area contributed by atoms with Crippen molar-refractivity contribution in [1.82, 2.24) is 25.3 Å². The number of thiophene rings is 1. The molecule has 0 aliphatic carbocycles. The van der Waals surface area contributed by atoms with Gasteiger partial charge < -0.3 is 10.1 Å². The Hall–Kier alpha value is -4.42. The molecule has 0 saturated carbocycles. The monoisotopic (exact) mass is 530 g/mol. The molecule has 12 heteroatoms. The molecule has 0 saturated heterocycles. The van der Waals surface area contributed by atoms with Crippen LogP contribution in [-0.4, -0.2) is 41.4 Å². The molecule has 0 fully saturated rings. The Morgan fingerprint density at radius 2 is 1.86 bits per heavy atom. The first-order valence-electron chi connectivity index (χ1n) is 11.1. The average Bonchev–Trinajstić information content (AvgIpc) is 3.36. The molecule has 37 heavy (non-hydrogen) atoms. The Kier molecular flexibility index (Phi) is 5.54. The number of amides is 1. The maximum Gasteiger partial charge on any atom is 0.262 e. The van der Waals surface area contributed by atoms with Crippen molar-refractivity contribution in [3.63, 3.8) is 0 Å². The minimum Gasteiger partial charge on any atom is -0.480 e. The van der Waals surface area contributed by atoms with Crippen molar-refractivity contribution in [3.8, 4) is 27.6 Å². The van der Waals surface area contributed by atoms with Gasteiger partial charge in [0.15, 0.2) is 0 Å². The highest BCUT2D eigenvalue weighted by molar-refractivity contribution is 7.92. The summed E-state index contributed by atoms with van der Waals surface area (Å²) in [6.07, 6.45) is 4.77. The van der Waals surface area contributed by atoms with Gasteiger partial charge in [-0.25, -0.2) is 23.4 Å². The van der Waals surface area contributed by atoms with Crippen LogP contribution in [0.15, 0.2) is 72.1 Å². The molecule has 5 heterocycles. The molecule has 8 bridgehead atoms. The molecular formula is C25H18N6O4S2. The SMILES string of the molecule is COc1ncc2cc1NS(=O)(=O)c1cccc(c1)C(=O)NCc1cc(ccn1)-c1ncnc3cc-2sc13. The van der Waals surface area contributed by atoms with E-state index in [1.165, 1.54) is 43.0 Å². The first-order valence-corrected chi connectivity index (χ1v) is 13.4. The van der Waals surface area contributed by atoms with Gasteiger partial charge >= 0.3 is 0 Å². The van der Waals surface area contributed by atoms with E-state index < -0.39 is 15.9 Å². The highest BCUT2D eigenvalue weighted by atomic mass is 32.2. The van der Waals surface area contributed by atoms with Gasteiger partial charge in [-0.3, -0.25) is 14.5 Å². The third-order valence-electron chi connectivity index (χ3n) is 5.81. The first-order chi connectivity index (χ1) is 17.9. The molecule has 1 aliphatic heterocycles. The summed E-state index contributed by atoms with van der Waals surface area (Å²) in [6.45, 7) is 0.152. The van der Waals surface area contributed by atoms with E-state index in [1.54, 1.807) is 24.5 Å². The fourth-order valence-corrected chi connectivity index (χ4v) is 6.23. The van der Waals surface area contributed by atoms with Crippen LogP contribution >= 0.6 is 11.3 Å². The zero-order chi connectivity index (χ0) is 25.6. The molecule has 1 amide bonds. The van der Waals surface area contributed by atoms with E-state index in [0.29, 0.717) is 11.3 Å². The van der Waals surface area contributed by atoms with Gasteiger partial charge in [0.25, 0.3) is 15.9 Å². The lowest BCUT2D eigenvalue weighted by Gasteiger charge is -2.13. The lowest BCUT2D eigenvalue weighted by Crippen LogP contribution is -2.24. The first kappa shape index (κ1) is 23.0. The smallest absolute Gasteiger partial charge is 0.262 e. The molecule has 5 aromatic rings. The summed E-state index contributed by atoms with van der Waals surface area (Å²) in [4.78, 5) is 31.2. The molecule has 10 nitrogen and oxygen atoms in total. The lowest BCUT2D eigenvalue weighted by molar-refractivity contribution is 0.0950. The normalized spacial score (nSPS) is 14.4. The zero-order valence-electron chi connectivity index (χ0n) is 19.3. The van der Waals surface area contributed by atoms with Crippen LogP contribution in [0, 0.1) is 0 Å². The van der Waals surface area contributed by atoms with Crippen LogP contribution in [0.5, 0.6) is 5.88 Å². The largest absolute Gasteiger partial charge is 0.480 e. The van der Waals surface area contributed by atoms with E-state index >= 15 is 0 Å². The van der Waals surface area contributed by atoms with Crippen LogP contribution < -0.4 is 14.8 Å². The number of methoxy groups -OCH3 is 1. The fraction of sp³-hybridized carbons (Fsp3) is 0.0800. The van der Waals surface area contributed by atoms with Gasteiger partial charge in [-0.05, 0) is 42.5 Å². The number of rotatable bonds is 1. The van der Waals surface area contributed by atoms with Gasteiger partial charge in [0.2, 0.25) is 5.88 Å². The maximum absolute atomic E-state index is 13.3. The van der Waals surface area contributed by atoms with Crippen molar-refractivity contribution in [2.45, 2.75) is 11.4 Å². The summed E-state index contributed by atoms with van der Waals surface area (Å²) in [6, 6.07) is 13.1. The summed E-state index contributed by atoms with van der Waals surface area (Å²) in [5.74, 6) is -0.319. The van der Waals surface area contributed by atoms with Crippen LogP contribution in [0.3, 0.4) is 0 Å². The van der Waals surface area contributed by atoms with Crippen molar-refractivity contribution in [3.05, 3.63) is 78.5 Å². The van der Waals surface area contributed by atoms with E-state index in [0.717, 1.165) is 26.4 Å². The number of carbonyl (C=O) groups is 1. The molecule has 0 unspecified atom stereocenters. The van der Waals surface area contributed by atoms with Crippen LogP contribution in [0.1, 0.15) is 16.1 Å². The number of aromatic nitrogens is 4. The summed E-state index contributed by atoms with van der Waals surface area (Å²) in [7, 11) is -2.66. The number of nitrogens with one attached hydrogen (secondary N) is 2. The zero-order valence-corrected chi connectivity index (χ0v) is 20.9. The molecule has 0 spiro atoms. The molecule has 0 atom stereocenters. The third kappa shape index (κ3) is 4.26. The minimum atomic E-state index is -4.07. The Balaban J connectivity index is 1.58. The highest BCUT2D eigenvalue weighted by Crippen LogP contribution is 2.39. The molecule has 4 aromatic heterocycles. The summed E-state index contributed by atoms with van der Waals surface area (Å²) in [5.41, 5.74) is 3.97.